The molecule has 7 heteroatoms. The lowest BCUT2D eigenvalue weighted by atomic mass is 10.3. The van der Waals surface area contributed by atoms with Gasteiger partial charge < -0.3 is 10.6 Å². The van der Waals surface area contributed by atoms with Crippen LogP contribution in [0, 0.1) is 0 Å². The predicted molar refractivity (Wildman–Crippen MR) is 80.9 cm³/mol. The summed E-state index contributed by atoms with van der Waals surface area (Å²) in [6.45, 7) is 4.53. The fourth-order valence-electron chi connectivity index (χ4n) is 1.52. The van der Waals surface area contributed by atoms with E-state index in [9.17, 15) is 13.2 Å². The van der Waals surface area contributed by atoms with Gasteiger partial charge in [-0.05, 0) is 18.2 Å². The van der Waals surface area contributed by atoms with Gasteiger partial charge in [0.25, 0.3) is 0 Å². The Hall–Kier alpha value is -1.11. The summed E-state index contributed by atoms with van der Waals surface area (Å²) in [6.07, 6.45) is 1.39. The van der Waals surface area contributed by atoms with Crippen LogP contribution in [0.4, 0.5) is 5.69 Å². The van der Waals surface area contributed by atoms with Crippen molar-refractivity contribution < 1.29 is 13.2 Å². The molecule has 0 unspecified atom stereocenters. The SMILES string of the molecule is CC(C)NCCC(=O)Nc1cc(S(C)(=O)=O)ccc1Cl. The largest absolute Gasteiger partial charge is 0.325 e. The van der Waals surface area contributed by atoms with Crippen LogP contribution >= 0.6 is 11.6 Å². The zero-order chi connectivity index (χ0) is 15.3. The summed E-state index contributed by atoms with van der Waals surface area (Å²) in [5.41, 5.74) is 0.309. The fourth-order valence-corrected chi connectivity index (χ4v) is 2.33. The molecule has 1 aromatic rings. The molecule has 0 atom stereocenters. The van der Waals surface area contributed by atoms with Crippen molar-refractivity contribution in [1.29, 1.82) is 0 Å². The van der Waals surface area contributed by atoms with Crippen LogP contribution in [0.2, 0.25) is 5.02 Å². The number of halogens is 1. The number of benzene rings is 1. The summed E-state index contributed by atoms with van der Waals surface area (Å²) in [5.74, 6) is -0.217. The molecule has 0 aliphatic heterocycles. The van der Waals surface area contributed by atoms with Gasteiger partial charge in [-0.3, -0.25) is 4.79 Å². The van der Waals surface area contributed by atoms with Gasteiger partial charge in [-0.2, -0.15) is 0 Å². The Labute approximate surface area is 124 Å². The summed E-state index contributed by atoms with van der Waals surface area (Å²) in [5, 5.41) is 6.05. The molecule has 1 rings (SSSR count). The van der Waals surface area contributed by atoms with E-state index < -0.39 is 9.84 Å². The van der Waals surface area contributed by atoms with Gasteiger partial charge in [0.1, 0.15) is 0 Å². The highest BCUT2D eigenvalue weighted by Gasteiger charge is 2.12. The number of amides is 1. The maximum Gasteiger partial charge on any atom is 0.225 e. The second kappa shape index (κ2) is 7.06. The third-order valence-electron chi connectivity index (χ3n) is 2.54. The van der Waals surface area contributed by atoms with Crippen molar-refractivity contribution >= 4 is 33.0 Å². The summed E-state index contributed by atoms with van der Waals surface area (Å²) in [4.78, 5) is 11.9. The van der Waals surface area contributed by atoms with E-state index in [4.69, 9.17) is 11.6 Å². The highest BCUT2D eigenvalue weighted by molar-refractivity contribution is 7.90. The molecular formula is C13H19ClN2O3S. The van der Waals surface area contributed by atoms with Crippen molar-refractivity contribution in [3.63, 3.8) is 0 Å². The molecule has 0 aliphatic carbocycles. The smallest absolute Gasteiger partial charge is 0.225 e. The summed E-state index contributed by atoms with van der Waals surface area (Å²) in [7, 11) is -3.33. The first-order valence-electron chi connectivity index (χ1n) is 6.23. The summed E-state index contributed by atoms with van der Waals surface area (Å²) in [6, 6.07) is 4.54. The fraction of sp³-hybridized carbons (Fsp3) is 0.462. The Morgan fingerprint density at radius 3 is 2.55 bits per heavy atom. The van der Waals surface area contributed by atoms with Gasteiger partial charge in [-0.1, -0.05) is 25.4 Å². The van der Waals surface area contributed by atoms with E-state index in [-0.39, 0.29) is 17.2 Å². The molecule has 0 aliphatic rings. The molecule has 0 saturated heterocycles. The molecule has 0 fully saturated rings. The number of nitrogens with one attached hydrogen (secondary N) is 2. The molecule has 0 radical (unpaired) electrons. The highest BCUT2D eigenvalue weighted by Crippen LogP contribution is 2.25. The zero-order valence-electron chi connectivity index (χ0n) is 11.7. The summed E-state index contributed by atoms with van der Waals surface area (Å²) < 4.78 is 22.9. The molecule has 1 aromatic carbocycles. The number of sulfone groups is 1. The molecule has 0 heterocycles. The maximum atomic E-state index is 11.7. The van der Waals surface area contributed by atoms with Gasteiger partial charge in [0.15, 0.2) is 9.84 Å². The molecule has 1 amide bonds. The third kappa shape index (κ3) is 5.48. The van der Waals surface area contributed by atoms with E-state index in [1.54, 1.807) is 0 Å². The Balaban J connectivity index is 2.74. The van der Waals surface area contributed by atoms with E-state index in [0.717, 1.165) is 6.26 Å². The molecule has 0 bridgehead atoms. The topological polar surface area (TPSA) is 75.3 Å². The average molecular weight is 319 g/mol. The molecule has 0 spiro atoms. The first kappa shape index (κ1) is 16.9. The Bertz CT molecular complexity index is 585. The van der Waals surface area contributed by atoms with Crippen molar-refractivity contribution in [2.45, 2.75) is 31.2 Å². The molecular weight excluding hydrogens is 300 g/mol. The van der Waals surface area contributed by atoms with Crippen molar-refractivity contribution in [2.24, 2.45) is 0 Å². The molecule has 112 valence electrons. The van der Waals surface area contributed by atoms with Gasteiger partial charge >= 0.3 is 0 Å². The first-order valence-corrected chi connectivity index (χ1v) is 8.50. The van der Waals surface area contributed by atoms with Gasteiger partial charge in [0, 0.05) is 25.3 Å². The van der Waals surface area contributed by atoms with Crippen LogP contribution in [0.5, 0.6) is 0 Å². The Kier molecular flexibility index (Phi) is 5.98. The minimum Gasteiger partial charge on any atom is -0.325 e. The Morgan fingerprint density at radius 1 is 1.35 bits per heavy atom. The number of rotatable bonds is 6. The van der Waals surface area contributed by atoms with Crippen molar-refractivity contribution in [1.82, 2.24) is 5.32 Å². The predicted octanol–water partition coefficient (Wildman–Crippen LogP) is 2.07. The monoisotopic (exact) mass is 318 g/mol. The standard InChI is InChI=1S/C13H19ClN2O3S/c1-9(2)15-7-6-13(17)16-12-8-10(20(3,18)19)4-5-11(12)14/h4-5,8-9,15H,6-7H2,1-3H3,(H,16,17). The van der Waals surface area contributed by atoms with Crippen molar-refractivity contribution in [3.8, 4) is 0 Å². The van der Waals surface area contributed by atoms with Gasteiger partial charge in [-0.15, -0.1) is 0 Å². The van der Waals surface area contributed by atoms with Crippen LogP contribution in [-0.2, 0) is 14.6 Å². The van der Waals surface area contributed by atoms with Crippen LogP contribution in [0.25, 0.3) is 0 Å². The average Bonchev–Trinajstić information content (AvgIpc) is 2.30. The maximum absolute atomic E-state index is 11.7. The quantitative estimate of drug-likeness (QED) is 0.842. The third-order valence-corrected chi connectivity index (χ3v) is 3.98. The Morgan fingerprint density at radius 2 is 2.00 bits per heavy atom. The van der Waals surface area contributed by atoms with Gasteiger partial charge in [0.05, 0.1) is 15.6 Å². The number of carbonyl (C=O) groups is 1. The minimum atomic E-state index is -3.33. The van der Waals surface area contributed by atoms with Crippen LogP contribution < -0.4 is 10.6 Å². The number of carbonyl (C=O) groups excluding carboxylic acids is 1. The second-order valence-corrected chi connectivity index (χ2v) is 7.24. The number of hydrogen-bond donors (Lipinski definition) is 2. The second-order valence-electron chi connectivity index (χ2n) is 4.82. The minimum absolute atomic E-state index is 0.123. The van der Waals surface area contributed by atoms with Crippen molar-refractivity contribution in [2.75, 3.05) is 18.1 Å². The number of hydrogen-bond acceptors (Lipinski definition) is 4. The van der Waals surface area contributed by atoms with E-state index in [1.165, 1.54) is 18.2 Å². The van der Waals surface area contributed by atoms with Crippen LogP contribution in [0.1, 0.15) is 20.3 Å². The van der Waals surface area contributed by atoms with Crippen LogP contribution in [-0.4, -0.2) is 33.2 Å². The number of anilines is 1. The lowest BCUT2D eigenvalue weighted by molar-refractivity contribution is -0.116. The van der Waals surface area contributed by atoms with E-state index in [1.807, 2.05) is 13.8 Å². The van der Waals surface area contributed by atoms with E-state index >= 15 is 0 Å². The molecule has 0 saturated carbocycles. The molecule has 0 aromatic heterocycles. The van der Waals surface area contributed by atoms with E-state index in [2.05, 4.69) is 10.6 Å². The van der Waals surface area contributed by atoms with E-state index in [0.29, 0.717) is 23.3 Å². The lowest BCUT2D eigenvalue weighted by Crippen LogP contribution is -2.27. The van der Waals surface area contributed by atoms with Gasteiger partial charge in [0.2, 0.25) is 5.91 Å². The molecule has 5 nitrogen and oxygen atoms in total. The summed E-state index contributed by atoms with van der Waals surface area (Å²) >= 11 is 5.95. The van der Waals surface area contributed by atoms with Gasteiger partial charge in [-0.25, -0.2) is 8.42 Å². The van der Waals surface area contributed by atoms with Crippen LogP contribution in [0.15, 0.2) is 23.1 Å². The lowest BCUT2D eigenvalue weighted by Gasteiger charge is -2.10. The first-order chi connectivity index (χ1) is 9.20. The zero-order valence-corrected chi connectivity index (χ0v) is 13.3. The molecule has 20 heavy (non-hydrogen) atoms. The molecule has 2 N–H and O–H groups in total. The highest BCUT2D eigenvalue weighted by atomic mass is 35.5. The van der Waals surface area contributed by atoms with Crippen molar-refractivity contribution in [3.05, 3.63) is 23.2 Å². The normalized spacial score (nSPS) is 11.7. The van der Waals surface area contributed by atoms with Crippen LogP contribution in [0.3, 0.4) is 0 Å².